The van der Waals surface area contributed by atoms with Crippen LogP contribution in [0, 0.1) is 12.3 Å². The monoisotopic (exact) mass is 180 g/mol. The van der Waals surface area contributed by atoms with Crippen LogP contribution in [0.3, 0.4) is 0 Å². The summed E-state index contributed by atoms with van der Waals surface area (Å²) in [6.07, 6.45) is 6.50. The van der Waals surface area contributed by atoms with Gasteiger partial charge in [0.1, 0.15) is 0 Å². The third-order valence-corrected chi connectivity index (χ3v) is 2.55. The average Bonchev–Trinajstić information content (AvgIpc) is 2.27. The zero-order chi connectivity index (χ0) is 9.97. The van der Waals surface area contributed by atoms with Crippen molar-refractivity contribution in [1.82, 2.24) is 0 Å². The molecule has 0 aliphatic heterocycles. The van der Waals surface area contributed by atoms with Crippen LogP contribution in [0.2, 0.25) is 0 Å². The number of benzene rings is 2. The van der Waals surface area contributed by atoms with Gasteiger partial charge in [0.15, 0.2) is 0 Å². The van der Waals surface area contributed by atoms with Gasteiger partial charge in [-0.1, -0.05) is 43.2 Å². The maximum Gasteiger partial charge on any atom is 0.0321 e. The first-order valence-corrected chi connectivity index (χ1v) is 4.84. The van der Waals surface area contributed by atoms with Gasteiger partial charge in [0, 0.05) is 5.56 Å². The van der Waals surface area contributed by atoms with Crippen LogP contribution >= 0.6 is 0 Å². The van der Waals surface area contributed by atoms with Crippen LogP contribution in [-0.2, 0) is 6.42 Å². The summed E-state index contributed by atoms with van der Waals surface area (Å²) < 4.78 is 0. The molecule has 0 nitrogen and oxygen atoms in total. The van der Waals surface area contributed by atoms with E-state index in [1.165, 1.54) is 16.3 Å². The van der Waals surface area contributed by atoms with Gasteiger partial charge >= 0.3 is 0 Å². The van der Waals surface area contributed by atoms with E-state index < -0.39 is 0 Å². The molecule has 0 saturated carbocycles. The maximum absolute atomic E-state index is 5.46. The van der Waals surface area contributed by atoms with E-state index in [1.54, 1.807) is 0 Å². The van der Waals surface area contributed by atoms with Crippen molar-refractivity contribution in [1.29, 1.82) is 0 Å². The van der Waals surface area contributed by atoms with Crippen LogP contribution in [0.5, 0.6) is 0 Å². The first-order chi connectivity index (χ1) is 6.86. The molecule has 0 aromatic heterocycles. The molecule has 68 valence electrons. The van der Waals surface area contributed by atoms with Gasteiger partial charge in [-0.25, -0.2) is 0 Å². The Kier molecular flexibility index (Phi) is 2.24. The second-order valence-corrected chi connectivity index (χ2v) is 3.32. The molecule has 0 heteroatoms. The summed E-state index contributed by atoms with van der Waals surface area (Å²) >= 11 is 0. The van der Waals surface area contributed by atoms with Crippen molar-refractivity contribution < 1.29 is 0 Å². The lowest BCUT2D eigenvalue weighted by atomic mass is 9.99. The van der Waals surface area contributed by atoms with Crippen LogP contribution in [0.4, 0.5) is 0 Å². The van der Waals surface area contributed by atoms with Gasteiger partial charge < -0.3 is 0 Å². The molecule has 0 amide bonds. The zero-order valence-corrected chi connectivity index (χ0v) is 8.25. The van der Waals surface area contributed by atoms with Crippen molar-refractivity contribution in [2.24, 2.45) is 0 Å². The van der Waals surface area contributed by atoms with Gasteiger partial charge in [-0.2, -0.15) is 0 Å². The first-order valence-electron chi connectivity index (χ1n) is 4.84. The summed E-state index contributed by atoms with van der Waals surface area (Å²) in [7, 11) is 0. The Bertz CT molecular complexity index is 501. The highest BCUT2D eigenvalue weighted by atomic mass is 14.0. The van der Waals surface area contributed by atoms with Gasteiger partial charge in [-0.3, -0.25) is 0 Å². The normalized spacial score (nSPS) is 10.0. The fourth-order valence-electron chi connectivity index (χ4n) is 1.81. The highest BCUT2D eigenvalue weighted by Gasteiger charge is 2.00. The predicted molar refractivity (Wildman–Crippen MR) is 61.3 cm³/mol. The summed E-state index contributed by atoms with van der Waals surface area (Å²) in [6, 6.07) is 12.5. The van der Waals surface area contributed by atoms with Crippen LogP contribution in [0.1, 0.15) is 18.1 Å². The Morgan fingerprint density at radius 2 is 1.79 bits per heavy atom. The molecule has 0 atom stereocenters. The summed E-state index contributed by atoms with van der Waals surface area (Å²) in [6.45, 7) is 2.16. The highest BCUT2D eigenvalue weighted by molar-refractivity contribution is 5.90. The Balaban J connectivity index is 2.86. The maximum atomic E-state index is 5.46. The molecular weight excluding hydrogens is 168 g/mol. The topological polar surface area (TPSA) is 0 Å². The third kappa shape index (κ3) is 1.28. The number of rotatable bonds is 1. The molecule has 0 heterocycles. The van der Waals surface area contributed by atoms with Crippen molar-refractivity contribution in [3.05, 3.63) is 47.5 Å². The van der Waals surface area contributed by atoms with Crippen molar-refractivity contribution >= 4 is 10.8 Å². The van der Waals surface area contributed by atoms with Gasteiger partial charge in [-0.15, -0.1) is 6.42 Å². The molecule has 2 aromatic carbocycles. The SMILES string of the molecule is C#Cc1cccc2c(CC)cccc12. The standard InChI is InChI=1S/C14H12/c1-3-11-7-5-10-14-12(4-2)8-6-9-13(11)14/h1,5-10H,4H2,2H3. The van der Waals surface area contributed by atoms with E-state index in [0.717, 1.165) is 12.0 Å². The van der Waals surface area contributed by atoms with Crippen molar-refractivity contribution in [2.75, 3.05) is 0 Å². The average molecular weight is 180 g/mol. The highest BCUT2D eigenvalue weighted by Crippen LogP contribution is 2.22. The second-order valence-electron chi connectivity index (χ2n) is 3.32. The summed E-state index contributed by atoms with van der Waals surface area (Å²) in [5, 5.41) is 2.47. The van der Waals surface area contributed by atoms with Gasteiger partial charge in [0.2, 0.25) is 0 Å². The van der Waals surface area contributed by atoms with Crippen LogP contribution in [-0.4, -0.2) is 0 Å². The van der Waals surface area contributed by atoms with E-state index >= 15 is 0 Å². The molecule has 0 aliphatic rings. The number of hydrogen-bond donors (Lipinski definition) is 0. The molecule has 0 N–H and O–H groups in total. The molecule has 0 unspecified atom stereocenters. The van der Waals surface area contributed by atoms with E-state index in [0.29, 0.717) is 0 Å². The van der Waals surface area contributed by atoms with E-state index in [9.17, 15) is 0 Å². The zero-order valence-electron chi connectivity index (χ0n) is 8.25. The Labute approximate surface area is 84.6 Å². The second kappa shape index (κ2) is 3.55. The lowest BCUT2D eigenvalue weighted by Gasteiger charge is -2.05. The molecule has 0 radical (unpaired) electrons. The van der Waals surface area contributed by atoms with Crippen LogP contribution in [0.25, 0.3) is 10.8 Å². The van der Waals surface area contributed by atoms with Gasteiger partial charge in [0.25, 0.3) is 0 Å². The molecule has 0 fully saturated rings. The molecule has 2 aromatic rings. The number of fused-ring (bicyclic) bond motifs is 1. The number of hydrogen-bond acceptors (Lipinski definition) is 0. The number of terminal acetylenes is 1. The molecule has 0 bridgehead atoms. The van der Waals surface area contributed by atoms with Crippen molar-refractivity contribution in [2.45, 2.75) is 13.3 Å². The van der Waals surface area contributed by atoms with Gasteiger partial charge in [-0.05, 0) is 28.8 Å². The molecule has 0 aliphatic carbocycles. The lowest BCUT2D eigenvalue weighted by molar-refractivity contribution is 1.16. The minimum absolute atomic E-state index is 0.984. The fraction of sp³-hybridized carbons (Fsp3) is 0.143. The minimum Gasteiger partial charge on any atom is -0.115 e. The Morgan fingerprint density at radius 1 is 1.07 bits per heavy atom. The predicted octanol–water partition coefficient (Wildman–Crippen LogP) is 3.38. The smallest absolute Gasteiger partial charge is 0.0321 e. The first kappa shape index (κ1) is 8.84. The quantitative estimate of drug-likeness (QED) is 0.590. The van der Waals surface area contributed by atoms with E-state index in [4.69, 9.17) is 6.42 Å². The lowest BCUT2D eigenvalue weighted by Crippen LogP contribution is -1.85. The van der Waals surface area contributed by atoms with Crippen molar-refractivity contribution in [3.63, 3.8) is 0 Å². The van der Waals surface area contributed by atoms with E-state index in [2.05, 4.69) is 37.1 Å². The molecule has 0 saturated heterocycles. The van der Waals surface area contributed by atoms with Crippen molar-refractivity contribution in [3.8, 4) is 12.3 Å². The molecule has 2 rings (SSSR count). The Morgan fingerprint density at radius 3 is 2.50 bits per heavy atom. The third-order valence-electron chi connectivity index (χ3n) is 2.55. The van der Waals surface area contributed by atoms with E-state index in [-0.39, 0.29) is 0 Å². The summed E-state index contributed by atoms with van der Waals surface area (Å²) in [4.78, 5) is 0. The largest absolute Gasteiger partial charge is 0.115 e. The van der Waals surface area contributed by atoms with Gasteiger partial charge in [0.05, 0.1) is 0 Å². The summed E-state index contributed by atoms with van der Waals surface area (Å²) in [5.41, 5.74) is 2.34. The molecule has 14 heavy (non-hydrogen) atoms. The van der Waals surface area contributed by atoms with Crippen LogP contribution in [0.15, 0.2) is 36.4 Å². The summed E-state index contributed by atoms with van der Waals surface area (Å²) in [5.74, 6) is 2.72. The minimum atomic E-state index is 0.984. The fourth-order valence-corrected chi connectivity index (χ4v) is 1.81. The Hall–Kier alpha value is -1.74. The molecule has 0 spiro atoms. The number of aryl methyl sites for hydroxylation is 1. The molecular formula is C14H12. The van der Waals surface area contributed by atoms with E-state index in [1.807, 2.05) is 12.1 Å². The van der Waals surface area contributed by atoms with Crippen LogP contribution < -0.4 is 0 Å².